The molecule has 0 unspecified atom stereocenters. The second-order valence-corrected chi connectivity index (χ2v) is 5.71. The van der Waals surface area contributed by atoms with Crippen LogP contribution in [0.4, 0.5) is 0 Å². The number of thioether (sulfide) groups is 1. The molecule has 0 saturated heterocycles. The number of halogens is 2. The van der Waals surface area contributed by atoms with E-state index in [0.717, 1.165) is 27.6 Å². The van der Waals surface area contributed by atoms with Gasteiger partial charge in [0.05, 0.1) is 26.8 Å². The van der Waals surface area contributed by atoms with Crippen LogP contribution in [0.3, 0.4) is 0 Å². The van der Waals surface area contributed by atoms with E-state index in [-0.39, 0.29) is 0 Å². The van der Waals surface area contributed by atoms with Gasteiger partial charge >= 0.3 is 0 Å². The maximum atomic E-state index is 5.97. The van der Waals surface area contributed by atoms with Crippen molar-refractivity contribution in [2.24, 2.45) is 0 Å². The van der Waals surface area contributed by atoms with Crippen molar-refractivity contribution in [3.63, 3.8) is 0 Å². The minimum Gasteiger partial charge on any atom is -0.333 e. The molecule has 0 aliphatic rings. The number of nitrogens with zero attached hydrogens (tertiary/aromatic N) is 2. The van der Waals surface area contributed by atoms with Gasteiger partial charge in [-0.25, -0.2) is 4.98 Å². The third-order valence-electron chi connectivity index (χ3n) is 2.59. The smallest absolute Gasteiger partial charge is 0.166 e. The van der Waals surface area contributed by atoms with Gasteiger partial charge < -0.3 is 4.98 Å². The Morgan fingerprint density at radius 2 is 2.00 bits per heavy atom. The van der Waals surface area contributed by atoms with Crippen LogP contribution < -0.4 is 0 Å². The van der Waals surface area contributed by atoms with E-state index in [1.807, 2.05) is 18.2 Å². The Morgan fingerprint density at radius 3 is 2.79 bits per heavy atom. The van der Waals surface area contributed by atoms with E-state index < -0.39 is 0 Å². The van der Waals surface area contributed by atoms with Crippen molar-refractivity contribution in [1.29, 1.82) is 0 Å². The molecule has 0 amide bonds. The number of hydrogen-bond acceptors (Lipinski definition) is 3. The fourth-order valence-electron chi connectivity index (χ4n) is 1.68. The second-order valence-electron chi connectivity index (χ2n) is 3.94. The van der Waals surface area contributed by atoms with Crippen molar-refractivity contribution in [3.05, 3.63) is 52.3 Å². The van der Waals surface area contributed by atoms with E-state index in [2.05, 4.69) is 15.0 Å². The number of fused-ring (bicyclic) bond motifs is 1. The highest BCUT2D eigenvalue weighted by atomic mass is 35.5. The van der Waals surface area contributed by atoms with Crippen LogP contribution in [0, 0.1) is 0 Å². The van der Waals surface area contributed by atoms with E-state index in [1.165, 1.54) is 0 Å². The van der Waals surface area contributed by atoms with Crippen LogP contribution in [0.5, 0.6) is 0 Å². The molecule has 0 atom stereocenters. The number of aromatic amines is 1. The van der Waals surface area contributed by atoms with Crippen molar-refractivity contribution >= 4 is 46.0 Å². The maximum absolute atomic E-state index is 5.97. The first-order valence-electron chi connectivity index (χ1n) is 5.60. The van der Waals surface area contributed by atoms with E-state index in [1.54, 1.807) is 30.1 Å². The molecular weight excluding hydrogens is 301 g/mol. The number of aromatic nitrogens is 3. The highest BCUT2D eigenvalue weighted by molar-refractivity contribution is 7.98. The Bertz CT molecular complexity index is 673. The monoisotopic (exact) mass is 309 g/mol. The fourth-order valence-corrected chi connectivity index (χ4v) is 2.80. The summed E-state index contributed by atoms with van der Waals surface area (Å²) < 4.78 is 0. The molecule has 96 valence electrons. The lowest BCUT2D eigenvalue weighted by Crippen LogP contribution is -1.85. The molecule has 19 heavy (non-hydrogen) atoms. The van der Waals surface area contributed by atoms with Gasteiger partial charge in [0.1, 0.15) is 0 Å². The summed E-state index contributed by atoms with van der Waals surface area (Å²) >= 11 is 13.5. The quantitative estimate of drug-likeness (QED) is 0.721. The summed E-state index contributed by atoms with van der Waals surface area (Å²) in [7, 11) is 0. The summed E-state index contributed by atoms with van der Waals surface area (Å²) in [6.07, 6.45) is 1.79. The molecule has 1 N–H and O–H groups in total. The first kappa shape index (κ1) is 12.8. The van der Waals surface area contributed by atoms with Gasteiger partial charge in [0.25, 0.3) is 0 Å². The molecule has 2 aromatic heterocycles. The van der Waals surface area contributed by atoms with Crippen LogP contribution in [0.25, 0.3) is 11.0 Å². The van der Waals surface area contributed by atoms with E-state index in [9.17, 15) is 0 Å². The van der Waals surface area contributed by atoms with Crippen molar-refractivity contribution in [3.8, 4) is 0 Å². The third kappa shape index (κ3) is 2.86. The summed E-state index contributed by atoms with van der Waals surface area (Å²) in [5.41, 5.74) is 2.72. The first-order valence-corrected chi connectivity index (χ1v) is 7.34. The first-order chi connectivity index (χ1) is 9.22. The molecule has 0 aliphatic heterocycles. The highest BCUT2D eigenvalue weighted by Crippen LogP contribution is 2.29. The second kappa shape index (κ2) is 5.41. The van der Waals surface area contributed by atoms with Gasteiger partial charge in [-0.2, -0.15) is 0 Å². The van der Waals surface area contributed by atoms with Gasteiger partial charge in [-0.1, -0.05) is 41.0 Å². The summed E-state index contributed by atoms with van der Waals surface area (Å²) in [5.74, 6) is 0.766. The minimum absolute atomic E-state index is 0.516. The standard InChI is InChI=1S/C13H9Cl2N3S/c14-9-5-11-12(6-10(9)15)18-13(17-11)19-7-8-3-1-2-4-16-8/h1-6H,7H2,(H,17,18). The van der Waals surface area contributed by atoms with Crippen LogP contribution in [0.15, 0.2) is 41.7 Å². The molecule has 0 bridgehead atoms. The molecule has 3 aromatic rings. The average Bonchev–Trinajstić information content (AvgIpc) is 2.80. The zero-order valence-electron chi connectivity index (χ0n) is 9.73. The lowest BCUT2D eigenvalue weighted by Gasteiger charge is -1.96. The normalized spacial score (nSPS) is 11.1. The van der Waals surface area contributed by atoms with Gasteiger partial charge in [0.2, 0.25) is 0 Å². The van der Waals surface area contributed by atoms with Crippen molar-refractivity contribution < 1.29 is 0 Å². The Labute approximate surface area is 124 Å². The highest BCUT2D eigenvalue weighted by Gasteiger charge is 2.07. The number of nitrogens with one attached hydrogen (secondary N) is 1. The molecular formula is C13H9Cl2N3S. The zero-order valence-corrected chi connectivity index (χ0v) is 12.1. The van der Waals surface area contributed by atoms with Gasteiger partial charge in [0.15, 0.2) is 5.16 Å². The predicted molar refractivity (Wildman–Crippen MR) is 79.9 cm³/mol. The van der Waals surface area contributed by atoms with Crippen molar-refractivity contribution in [1.82, 2.24) is 15.0 Å². The predicted octanol–water partition coefficient (Wildman–Crippen LogP) is 4.56. The van der Waals surface area contributed by atoms with Crippen molar-refractivity contribution in [2.75, 3.05) is 0 Å². The molecule has 2 heterocycles. The number of pyridine rings is 1. The van der Waals surface area contributed by atoms with Crippen LogP contribution in [0.2, 0.25) is 10.0 Å². The third-order valence-corrected chi connectivity index (χ3v) is 4.21. The van der Waals surface area contributed by atoms with E-state index >= 15 is 0 Å². The number of imidazole rings is 1. The lowest BCUT2D eigenvalue weighted by atomic mass is 10.3. The topological polar surface area (TPSA) is 41.6 Å². The number of benzene rings is 1. The lowest BCUT2D eigenvalue weighted by molar-refractivity contribution is 1.07. The van der Waals surface area contributed by atoms with Gasteiger partial charge in [-0.05, 0) is 24.3 Å². The van der Waals surface area contributed by atoms with E-state index in [0.29, 0.717) is 10.0 Å². The number of H-pyrrole nitrogens is 1. The summed E-state index contributed by atoms with van der Waals surface area (Å²) in [5, 5.41) is 1.88. The van der Waals surface area contributed by atoms with E-state index in [4.69, 9.17) is 23.2 Å². The summed E-state index contributed by atoms with van der Waals surface area (Å²) in [4.78, 5) is 12.0. The van der Waals surface area contributed by atoms with Gasteiger partial charge in [-0.3, -0.25) is 4.98 Å². The largest absolute Gasteiger partial charge is 0.333 e. The molecule has 1 aromatic carbocycles. The summed E-state index contributed by atoms with van der Waals surface area (Å²) in [6.45, 7) is 0. The number of rotatable bonds is 3. The maximum Gasteiger partial charge on any atom is 0.166 e. The van der Waals surface area contributed by atoms with Crippen molar-refractivity contribution in [2.45, 2.75) is 10.9 Å². The van der Waals surface area contributed by atoms with Crippen LogP contribution >= 0.6 is 35.0 Å². The Morgan fingerprint density at radius 1 is 1.16 bits per heavy atom. The molecule has 0 radical (unpaired) electrons. The molecule has 0 spiro atoms. The Hall–Kier alpha value is -1.23. The van der Waals surface area contributed by atoms with Gasteiger partial charge in [-0.15, -0.1) is 0 Å². The van der Waals surface area contributed by atoms with Gasteiger partial charge in [0, 0.05) is 11.9 Å². The van der Waals surface area contributed by atoms with Crippen LogP contribution in [-0.2, 0) is 5.75 Å². The molecule has 6 heteroatoms. The minimum atomic E-state index is 0.516. The molecule has 3 nitrogen and oxygen atoms in total. The Balaban J connectivity index is 1.82. The SMILES string of the molecule is Clc1cc2nc(SCc3ccccn3)[nH]c2cc1Cl. The Kier molecular flexibility index (Phi) is 3.64. The molecule has 3 rings (SSSR count). The van der Waals surface area contributed by atoms with Crippen LogP contribution in [-0.4, -0.2) is 15.0 Å². The summed E-state index contributed by atoms with van der Waals surface area (Å²) in [6, 6.07) is 9.42. The van der Waals surface area contributed by atoms with Crippen LogP contribution in [0.1, 0.15) is 5.69 Å². The fraction of sp³-hybridized carbons (Fsp3) is 0.0769. The molecule has 0 fully saturated rings. The zero-order chi connectivity index (χ0) is 13.2. The molecule has 0 saturated carbocycles. The number of hydrogen-bond donors (Lipinski definition) is 1. The molecule has 0 aliphatic carbocycles. The average molecular weight is 310 g/mol.